The third-order valence-electron chi connectivity index (χ3n) is 1.90. The first-order valence-electron chi connectivity index (χ1n) is 4.43. The highest BCUT2D eigenvalue weighted by molar-refractivity contribution is 5.93. The van der Waals surface area contributed by atoms with E-state index >= 15 is 0 Å². The summed E-state index contributed by atoms with van der Waals surface area (Å²) in [6.45, 7) is -1.67. The topological polar surface area (TPSA) is 52.3 Å². The van der Waals surface area contributed by atoms with E-state index in [4.69, 9.17) is 4.42 Å². The minimum absolute atomic E-state index is 0.0491. The Labute approximate surface area is 88.8 Å². The zero-order valence-corrected chi connectivity index (χ0v) is 8.24. The number of hydrogen-bond acceptors (Lipinski definition) is 4. The smallest absolute Gasteiger partial charge is 0.387 e. The molecule has 84 valence electrons. The van der Waals surface area contributed by atoms with E-state index in [1.807, 2.05) is 0 Å². The van der Waals surface area contributed by atoms with E-state index in [1.54, 1.807) is 6.07 Å². The number of benzene rings is 1. The number of ketones is 1. The number of carbonyl (C=O) groups is 1. The standard InChI is InChI=1S/C10H7F2NO3/c1-5(14)9-13-6-3-2-4-7(8(6)16-9)15-10(11)12/h2-4,10H,1H3. The number of fused-ring (bicyclic) bond motifs is 1. The van der Waals surface area contributed by atoms with Crippen LogP contribution >= 0.6 is 0 Å². The second-order valence-corrected chi connectivity index (χ2v) is 3.06. The molecule has 0 bridgehead atoms. The molecule has 2 aromatic rings. The van der Waals surface area contributed by atoms with Crippen molar-refractivity contribution in [3.63, 3.8) is 0 Å². The molecule has 4 nitrogen and oxygen atoms in total. The van der Waals surface area contributed by atoms with Crippen LogP contribution in [0.4, 0.5) is 8.78 Å². The molecular weight excluding hydrogens is 220 g/mol. The molecule has 6 heteroatoms. The van der Waals surface area contributed by atoms with Crippen molar-refractivity contribution >= 4 is 16.9 Å². The highest BCUT2D eigenvalue weighted by Gasteiger charge is 2.15. The Kier molecular flexibility index (Phi) is 2.55. The van der Waals surface area contributed by atoms with Crippen molar-refractivity contribution in [3.8, 4) is 5.75 Å². The predicted molar refractivity (Wildman–Crippen MR) is 50.6 cm³/mol. The molecule has 0 spiro atoms. The van der Waals surface area contributed by atoms with Gasteiger partial charge >= 0.3 is 6.61 Å². The summed E-state index contributed by atoms with van der Waals surface area (Å²) in [4.78, 5) is 14.8. The Morgan fingerprint density at radius 3 is 2.88 bits per heavy atom. The molecule has 0 radical (unpaired) electrons. The van der Waals surface area contributed by atoms with Crippen molar-refractivity contribution in [2.24, 2.45) is 0 Å². The fraction of sp³-hybridized carbons (Fsp3) is 0.200. The molecule has 1 heterocycles. The van der Waals surface area contributed by atoms with Gasteiger partial charge in [0.25, 0.3) is 5.89 Å². The lowest BCUT2D eigenvalue weighted by atomic mass is 10.3. The number of nitrogens with zero attached hydrogens (tertiary/aromatic N) is 1. The molecule has 0 fully saturated rings. The van der Waals surface area contributed by atoms with Crippen molar-refractivity contribution < 1.29 is 22.7 Å². The summed E-state index contributed by atoms with van der Waals surface area (Å²) in [5.74, 6) is -0.632. The lowest BCUT2D eigenvalue weighted by Gasteiger charge is -2.02. The van der Waals surface area contributed by atoms with Gasteiger partial charge in [0.05, 0.1) is 0 Å². The quantitative estimate of drug-likeness (QED) is 0.756. The highest BCUT2D eigenvalue weighted by Crippen LogP contribution is 2.27. The molecule has 2 rings (SSSR count). The SMILES string of the molecule is CC(=O)c1nc2cccc(OC(F)F)c2o1. The Balaban J connectivity index is 2.54. The summed E-state index contributed by atoms with van der Waals surface area (Å²) in [7, 11) is 0. The summed E-state index contributed by atoms with van der Waals surface area (Å²) in [6.07, 6.45) is 0. The Bertz CT molecular complexity index is 536. The molecule has 0 N–H and O–H groups in total. The molecule has 0 unspecified atom stereocenters. The fourth-order valence-electron chi connectivity index (χ4n) is 1.26. The minimum atomic E-state index is -2.95. The number of carbonyl (C=O) groups excluding carboxylic acids is 1. The molecule has 0 aliphatic rings. The number of alkyl halides is 2. The number of aromatic nitrogens is 1. The Morgan fingerprint density at radius 1 is 1.50 bits per heavy atom. The maximum atomic E-state index is 12.1. The van der Waals surface area contributed by atoms with E-state index in [0.29, 0.717) is 5.52 Å². The molecule has 0 saturated carbocycles. The van der Waals surface area contributed by atoms with Crippen molar-refractivity contribution in [1.29, 1.82) is 0 Å². The molecule has 1 aromatic carbocycles. The monoisotopic (exact) mass is 227 g/mol. The summed E-state index contributed by atoms with van der Waals surface area (Å²) in [5, 5.41) is 0. The van der Waals surface area contributed by atoms with Gasteiger partial charge in [-0.05, 0) is 12.1 Å². The second kappa shape index (κ2) is 3.88. The van der Waals surface area contributed by atoms with Crippen LogP contribution < -0.4 is 4.74 Å². The van der Waals surface area contributed by atoms with Crippen LogP contribution in [0.3, 0.4) is 0 Å². The number of ether oxygens (including phenoxy) is 1. The van der Waals surface area contributed by atoms with Crippen LogP contribution in [0.15, 0.2) is 22.6 Å². The number of halogens is 2. The van der Waals surface area contributed by atoms with Gasteiger partial charge in [0, 0.05) is 6.92 Å². The van der Waals surface area contributed by atoms with Gasteiger partial charge in [-0.25, -0.2) is 4.98 Å². The molecule has 0 aliphatic heterocycles. The Morgan fingerprint density at radius 2 is 2.25 bits per heavy atom. The van der Waals surface area contributed by atoms with Crippen molar-refractivity contribution in [2.45, 2.75) is 13.5 Å². The van der Waals surface area contributed by atoms with Gasteiger partial charge in [0.2, 0.25) is 5.78 Å². The third-order valence-corrected chi connectivity index (χ3v) is 1.90. The number of oxazole rings is 1. The van der Waals surface area contributed by atoms with Gasteiger partial charge in [0.15, 0.2) is 11.3 Å². The summed E-state index contributed by atoms with van der Waals surface area (Å²) in [5.41, 5.74) is 0.358. The number of hydrogen-bond donors (Lipinski definition) is 0. The fourth-order valence-corrected chi connectivity index (χ4v) is 1.26. The van der Waals surface area contributed by atoms with Gasteiger partial charge in [-0.15, -0.1) is 0 Å². The summed E-state index contributed by atoms with van der Waals surface area (Å²) < 4.78 is 33.4. The molecule has 16 heavy (non-hydrogen) atoms. The molecular formula is C10H7F2NO3. The normalized spacial score (nSPS) is 11.0. The first-order chi connectivity index (χ1) is 7.58. The zero-order chi connectivity index (χ0) is 11.7. The predicted octanol–water partition coefficient (Wildman–Crippen LogP) is 2.63. The maximum Gasteiger partial charge on any atom is 0.387 e. The van der Waals surface area contributed by atoms with Crippen LogP contribution in [0.1, 0.15) is 17.6 Å². The molecule has 0 saturated heterocycles. The molecule has 1 aromatic heterocycles. The summed E-state index contributed by atoms with van der Waals surface area (Å²) >= 11 is 0. The largest absolute Gasteiger partial charge is 0.431 e. The van der Waals surface area contributed by atoms with Crippen LogP contribution in [-0.4, -0.2) is 17.4 Å². The van der Waals surface area contributed by atoms with Crippen molar-refractivity contribution in [3.05, 3.63) is 24.1 Å². The van der Waals surface area contributed by atoms with E-state index in [1.165, 1.54) is 19.1 Å². The lowest BCUT2D eigenvalue weighted by molar-refractivity contribution is -0.0493. The third kappa shape index (κ3) is 1.86. The minimum Gasteiger partial charge on any atom is -0.431 e. The van der Waals surface area contributed by atoms with Crippen LogP contribution in [0.25, 0.3) is 11.1 Å². The van der Waals surface area contributed by atoms with Gasteiger partial charge in [-0.3, -0.25) is 4.79 Å². The highest BCUT2D eigenvalue weighted by atomic mass is 19.3. The first-order valence-corrected chi connectivity index (χ1v) is 4.43. The maximum absolute atomic E-state index is 12.1. The van der Waals surface area contributed by atoms with Crippen molar-refractivity contribution in [2.75, 3.05) is 0 Å². The van der Waals surface area contributed by atoms with Gasteiger partial charge in [-0.2, -0.15) is 8.78 Å². The lowest BCUT2D eigenvalue weighted by Crippen LogP contribution is -2.01. The molecule has 0 aliphatic carbocycles. The first kappa shape index (κ1) is 10.5. The average molecular weight is 227 g/mol. The summed E-state index contributed by atoms with van der Waals surface area (Å²) in [6, 6.07) is 4.36. The van der Waals surface area contributed by atoms with Gasteiger partial charge in [0.1, 0.15) is 5.52 Å². The second-order valence-electron chi connectivity index (χ2n) is 3.06. The number of para-hydroxylation sites is 1. The van der Waals surface area contributed by atoms with Gasteiger partial charge in [-0.1, -0.05) is 6.07 Å². The van der Waals surface area contributed by atoms with E-state index in [9.17, 15) is 13.6 Å². The van der Waals surface area contributed by atoms with E-state index in [0.717, 1.165) is 0 Å². The Hall–Kier alpha value is -1.98. The van der Waals surface area contributed by atoms with E-state index in [-0.39, 0.29) is 23.0 Å². The molecule has 0 amide bonds. The number of rotatable bonds is 3. The van der Waals surface area contributed by atoms with E-state index in [2.05, 4.69) is 9.72 Å². The van der Waals surface area contributed by atoms with Gasteiger partial charge < -0.3 is 9.15 Å². The van der Waals surface area contributed by atoms with Crippen LogP contribution in [0, 0.1) is 0 Å². The van der Waals surface area contributed by atoms with Crippen LogP contribution in [0.2, 0.25) is 0 Å². The van der Waals surface area contributed by atoms with E-state index < -0.39 is 6.61 Å². The zero-order valence-electron chi connectivity index (χ0n) is 8.24. The average Bonchev–Trinajstić information content (AvgIpc) is 2.61. The van der Waals surface area contributed by atoms with Crippen molar-refractivity contribution in [1.82, 2.24) is 4.98 Å². The molecule has 0 atom stereocenters. The van der Waals surface area contributed by atoms with Crippen LogP contribution in [-0.2, 0) is 0 Å². The number of Topliss-reactive ketones (excluding diaryl/α,β-unsaturated/α-hetero) is 1. The van der Waals surface area contributed by atoms with Crippen LogP contribution in [0.5, 0.6) is 5.75 Å².